The number of nitrogens with two attached hydrogens (primary N) is 1. The number of halogens is 1. The summed E-state index contributed by atoms with van der Waals surface area (Å²) in [7, 11) is 1.25. The molecule has 1 aliphatic heterocycles. The Morgan fingerprint density at radius 2 is 1.89 bits per heavy atom. The fraction of sp³-hybridized carbons (Fsp3) is 0.316. The largest absolute Gasteiger partial charge is 0.464 e. The minimum atomic E-state index is -0.647. The van der Waals surface area contributed by atoms with E-state index in [-0.39, 0.29) is 22.9 Å². The third-order valence-corrected chi connectivity index (χ3v) is 5.04. The van der Waals surface area contributed by atoms with Crippen molar-refractivity contribution in [3.05, 3.63) is 40.7 Å². The van der Waals surface area contributed by atoms with E-state index in [2.05, 4.69) is 4.90 Å². The summed E-state index contributed by atoms with van der Waals surface area (Å²) < 4.78 is 6.39. The zero-order valence-corrected chi connectivity index (χ0v) is 16.4. The van der Waals surface area contributed by atoms with Crippen LogP contribution in [0.25, 0.3) is 5.69 Å². The Balaban J connectivity index is 2.09. The normalized spacial score (nSPS) is 13.9. The number of carbonyl (C=O) groups is 2. The maximum atomic E-state index is 12.3. The lowest BCUT2D eigenvalue weighted by Crippen LogP contribution is -2.48. The average Bonchev–Trinajstić information content (AvgIpc) is 3.03. The summed E-state index contributed by atoms with van der Waals surface area (Å²) in [6.45, 7) is 4.00. The molecule has 8 nitrogen and oxygen atoms in total. The molecule has 1 aromatic carbocycles. The molecule has 0 atom stereocenters. The number of aromatic nitrogens is 1. The van der Waals surface area contributed by atoms with E-state index >= 15 is 0 Å². The number of piperazine rings is 1. The zero-order valence-electron chi connectivity index (χ0n) is 15.6. The highest BCUT2D eigenvalue weighted by molar-refractivity contribution is 6.30. The van der Waals surface area contributed by atoms with Crippen molar-refractivity contribution in [1.82, 2.24) is 9.47 Å². The van der Waals surface area contributed by atoms with Crippen LogP contribution in [-0.4, -0.2) is 54.6 Å². The summed E-state index contributed by atoms with van der Waals surface area (Å²) in [5, 5.41) is 9.82. The van der Waals surface area contributed by atoms with Crippen LogP contribution >= 0.6 is 11.6 Å². The number of nitriles is 1. The second-order valence-corrected chi connectivity index (χ2v) is 6.84. The summed E-state index contributed by atoms with van der Waals surface area (Å²) in [6.07, 6.45) is 1.50. The molecule has 0 aliphatic carbocycles. The molecule has 1 fully saturated rings. The van der Waals surface area contributed by atoms with E-state index in [1.54, 1.807) is 24.0 Å². The van der Waals surface area contributed by atoms with E-state index in [4.69, 9.17) is 22.1 Å². The first-order valence-electron chi connectivity index (χ1n) is 8.67. The Morgan fingerprint density at radius 3 is 2.46 bits per heavy atom. The van der Waals surface area contributed by atoms with Gasteiger partial charge >= 0.3 is 5.97 Å². The van der Waals surface area contributed by atoms with Crippen molar-refractivity contribution in [2.24, 2.45) is 0 Å². The van der Waals surface area contributed by atoms with Gasteiger partial charge in [-0.25, -0.2) is 4.79 Å². The molecule has 1 aromatic heterocycles. The molecule has 0 saturated carbocycles. The third-order valence-electron chi connectivity index (χ3n) is 4.81. The number of nitrogens with zero attached hydrogens (tertiary/aromatic N) is 4. The number of nitrogen functional groups attached to an aromatic ring is 1. The number of methoxy groups -OCH3 is 1. The molecule has 0 unspecified atom stereocenters. The molecule has 0 radical (unpaired) electrons. The predicted octanol–water partition coefficient (Wildman–Crippen LogP) is 2.04. The molecule has 1 saturated heterocycles. The number of esters is 1. The average molecular weight is 402 g/mol. The van der Waals surface area contributed by atoms with Crippen LogP contribution in [-0.2, 0) is 9.53 Å². The van der Waals surface area contributed by atoms with Crippen molar-refractivity contribution in [1.29, 1.82) is 5.26 Å². The number of anilines is 2. The molecule has 9 heteroatoms. The lowest BCUT2D eigenvalue weighted by atomic mass is 10.2. The van der Waals surface area contributed by atoms with Crippen molar-refractivity contribution < 1.29 is 14.3 Å². The summed E-state index contributed by atoms with van der Waals surface area (Å²) in [4.78, 5) is 27.8. The van der Waals surface area contributed by atoms with E-state index in [0.29, 0.717) is 36.9 Å². The number of benzene rings is 1. The maximum absolute atomic E-state index is 12.3. The van der Waals surface area contributed by atoms with Gasteiger partial charge in [0.2, 0.25) is 5.91 Å². The lowest BCUT2D eigenvalue weighted by molar-refractivity contribution is -0.129. The van der Waals surface area contributed by atoms with Crippen LogP contribution in [0.1, 0.15) is 23.0 Å². The predicted molar refractivity (Wildman–Crippen MR) is 106 cm³/mol. The fourth-order valence-electron chi connectivity index (χ4n) is 3.32. The molecule has 0 bridgehead atoms. The van der Waals surface area contributed by atoms with Crippen LogP contribution in [0.3, 0.4) is 0 Å². The van der Waals surface area contributed by atoms with E-state index in [1.165, 1.54) is 17.9 Å². The molecule has 28 heavy (non-hydrogen) atoms. The van der Waals surface area contributed by atoms with E-state index in [1.807, 2.05) is 12.1 Å². The van der Waals surface area contributed by atoms with Crippen LogP contribution in [0.2, 0.25) is 5.02 Å². The van der Waals surface area contributed by atoms with Crippen LogP contribution in [0, 0.1) is 11.3 Å². The molecule has 2 aromatic rings. The molecule has 3 rings (SSSR count). The first-order chi connectivity index (χ1) is 13.4. The van der Waals surface area contributed by atoms with E-state index < -0.39 is 5.97 Å². The van der Waals surface area contributed by atoms with Gasteiger partial charge in [-0.05, 0) is 18.2 Å². The monoisotopic (exact) mass is 401 g/mol. The van der Waals surface area contributed by atoms with Crippen molar-refractivity contribution in [2.45, 2.75) is 6.92 Å². The number of ether oxygens (including phenoxy) is 1. The van der Waals surface area contributed by atoms with Gasteiger partial charge in [-0.2, -0.15) is 5.26 Å². The SMILES string of the molecule is COC(=O)c1c(N)c(C#N)cn1-c1cc(Cl)ccc1N1CCN(C(C)=O)CC1. The van der Waals surface area contributed by atoms with Gasteiger partial charge in [0.25, 0.3) is 0 Å². The van der Waals surface area contributed by atoms with Gasteiger partial charge in [-0.3, -0.25) is 4.79 Å². The van der Waals surface area contributed by atoms with Gasteiger partial charge in [0.05, 0.1) is 29.7 Å². The Kier molecular flexibility index (Phi) is 5.47. The second kappa shape index (κ2) is 7.82. The molecular weight excluding hydrogens is 382 g/mol. The van der Waals surface area contributed by atoms with Crippen LogP contribution < -0.4 is 10.6 Å². The van der Waals surface area contributed by atoms with Crippen molar-refractivity contribution >= 4 is 34.9 Å². The quantitative estimate of drug-likeness (QED) is 0.789. The summed E-state index contributed by atoms with van der Waals surface area (Å²) in [5.41, 5.74) is 7.74. The molecule has 1 amide bonds. The van der Waals surface area contributed by atoms with Gasteiger partial charge in [0, 0.05) is 44.3 Å². The number of rotatable bonds is 3. The Morgan fingerprint density at radius 1 is 1.21 bits per heavy atom. The van der Waals surface area contributed by atoms with Crippen LogP contribution in [0.5, 0.6) is 0 Å². The van der Waals surface area contributed by atoms with Crippen LogP contribution in [0.15, 0.2) is 24.4 Å². The number of hydrogen-bond acceptors (Lipinski definition) is 6. The topological polar surface area (TPSA) is 105 Å². The molecule has 2 N–H and O–H groups in total. The molecule has 0 spiro atoms. The summed E-state index contributed by atoms with van der Waals surface area (Å²) in [6, 6.07) is 7.31. The maximum Gasteiger partial charge on any atom is 0.357 e. The van der Waals surface area contributed by atoms with E-state index in [9.17, 15) is 14.9 Å². The van der Waals surface area contributed by atoms with Gasteiger partial charge < -0.3 is 24.8 Å². The highest BCUT2D eigenvalue weighted by Crippen LogP contribution is 2.33. The van der Waals surface area contributed by atoms with E-state index in [0.717, 1.165) is 5.69 Å². The molecule has 2 heterocycles. The van der Waals surface area contributed by atoms with Crippen molar-refractivity contribution in [3.8, 4) is 11.8 Å². The Hall–Kier alpha value is -3.18. The molecule has 146 valence electrons. The van der Waals surface area contributed by atoms with Gasteiger partial charge in [-0.15, -0.1) is 0 Å². The first-order valence-corrected chi connectivity index (χ1v) is 9.04. The Labute approximate surface area is 167 Å². The van der Waals surface area contributed by atoms with Crippen molar-refractivity contribution in [2.75, 3.05) is 43.9 Å². The number of hydrogen-bond donors (Lipinski definition) is 1. The highest BCUT2D eigenvalue weighted by Gasteiger charge is 2.26. The summed E-state index contributed by atoms with van der Waals surface area (Å²) in [5.74, 6) is -0.605. The van der Waals surface area contributed by atoms with Gasteiger partial charge in [0.1, 0.15) is 6.07 Å². The smallest absolute Gasteiger partial charge is 0.357 e. The lowest BCUT2D eigenvalue weighted by Gasteiger charge is -2.36. The zero-order chi connectivity index (χ0) is 20.4. The standard InChI is InChI=1S/C19H20ClN5O3/c1-12(26)23-5-7-24(8-6-23)15-4-3-14(20)9-16(15)25-11-13(10-21)17(22)18(25)19(27)28-2/h3-4,9,11H,5-8,22H2,1-2H3. The number of amides is 1. The minimum Gasteiger partial charge on any atom is -0.464 e. The Bertz CT molecular complexity index is 971. The number of carbonyl (C=O) groups excluding carboxylic acids is 2. The molecular formula is C19H20ClN5O3. The van der Waals surface area contributed by atoms with Gasteiger partial charge in [-0.1, -0.05) is 11.6 Å². The van der Waals surface area contributed by atoms with Crippen LogP contribution in [0.4, 0.5) is 11.4 Å². The summed E-state index contributed by atoms with van der Waals surface area (Å²) >= 11 is 6.22. The highest BCUT2D eigenvalue weighted by atomic mass is 35.5. The fourth-order valence-corrected chi connectivity index (χ4v) is 3.49. The minimum absolute atomic E-state index is 0.0424. The van der Waals surface area contributed by atoms with Gasteiger partial charge in [0.15, 0.2) is 5.69 Å². The molecule has 1 aliphatic rings. The second-order valence-electron chi connectivity index (χ2n) is 6.40. The third kappa shape index (κ3) is 3.49. The first kappa shape index (κ1) is 19.6. The van der Waals surface area contributed by atoms with Crippen molar-refractivity contribution in [3.63, 3.8) is 0 Å².